The van der Waals surface area contributed by atoms with Crippen molar-refractivity contribution in [3.63, 3.8) is 0 Å². The second kappa shape index (κ2) is 5.21. The summed E-state index contributed by atoms with van der Waals surface area (Å²) >= 11 is 0. The van der Waals surface area contributed by atoms with Crippen LogP contribution < -0.4 is 5.32 Å². The van der Waals surface area contributed by atoms with Gasteiger partial charge in [0.05, 0.1) is 0 Å². The number of aryl methyl sites for hydroxylation is 1. The molecule has 0 bridgehead atoms. The maximum Gasteiger partial charge on any atom is 0.327 e. The fourth-order valence-corrected chi connectivity index (χ4v) is 2.64. The third-order valence-electron chi connectivity index (χ3n) is 3.68. The average molecular weight is 288 g/mol. The van der Waals surface area contributed by atoms with E-state index in [1.807, 2.05) is 13.0 Å². The normalized spacial score (nSPS) is 18.9. The van der Waals surface area contributed by atoms with E-state index in [9.17, 15) is 14.7 Å². The first kappa shape index (κ1) is 13.6. The van der Waals surface area contributed by atoms with Crippen molar-refractivity contribution in [1.82, 2.24) is 10.2 Å². The maximum atomic E-state index is 12.6. The molecule has 1 amide bonds. The molecular weight excluding hydrogens is 272 g/mol. The lowest BCUT2D eigenvalue weighted by atomic mass is 10.1. The number of furan rings is 1. The van der Waals surface area contributed by atoms with Crippen molar-refractivity contribution in [2.75, 3.05) is 19.6 Å². The number of rotatable bonds is 2. The van der Waals surface area contributed by atoms with Gasteiger partial charge in [-0.3, -0.25) is 4.79 Å². The van der Waals surface area contributed by atoms with Gasteiger partial charge >= 0.3 is 5.97 Å². The number of piperazine rings is 1. The predicted octanol–water partition coefficient (Wildman–Crippen LogP) is 1.24. The highest BCUT2D eigenvalue weighted by Crippen LogP contribution is 2.21. The number of carbonyl (C=O) groups is 2. The second-order valence-electron chi connectivity index (χ2n) is 5.17. The molecule has 1 unspecified atom stereocenters. The van der Waals surface area contributed by atoms with Crippen LogP contribution in [-0.2, 0) is 4.79 Å². The number of fused-ring (bicyclic) bond motifs is 1. The fraction of sp³-hybridized carbons (Fsp3) is 0.333. The summed E-state index contributed by atoms with van der Waals surface area (Å²) in [5.74, 6) is -0.472. The topological polar surface area (TPSA) is 82.8 Å². The molecule has 3 rings (SSSR count). The number of aliphatic carboxylic acids is 1. The molecule has 2 heterocycles. The van der Waals surface area contributed by atoms with E-state index in [1.54, 1.807) is 18.2 Å². The smallest absolute Gasteiger partial charge is 0.327 e. The number of benzene rings is 1. The largest absolute Gasteiger partial charge is 0.480 e. The first-order chi connectivity index (χ1) is 10.1. The maximum absolute atomic E-state index is 12.6. The zero-order valence-electron chi connectivity index (χ0n) is 11.6. The molecule has 6 heteroatoms. The molecule has 0 saturated carbocycles. The van der Waals surface area contributed by atoms with E-state index < -0.39 is 12.0 Å². The lowest BCUT2D eigenvalue weighted by Crippen LogP contribution is -2.56. The molecule has 1 aromatic carbocycles. The van der Waals surface area contributed by atoms with Crippen molar-refractivity contribution in [2.24, 2.45) is 0 Å². The van der Waals surface area contributed by atoms with Gasteiger partial charge in [-0.25, -0.2) is 4.79 Å². The lowest BCUT2D eigenvalue weighted by Gasteiger charge is -2.33. The summed E-state index contributed by atoms with van der Waals surface area (Å²) in [6.07, 6.45) is 0. The summed E-state index contributed by atoms with van der Waals surface area (Å²) < 4.78 is 5.48. The average Bonchev–Trinajstić information content (AvgIpc) is 2.85. The number of carbonyl (C=O) groups excluding carboxylic acids is 1. The minimum absolute atomic E-state index is 0.260. The molecule has 21 heavy (non-hydrogen) atoms. The Labute approximate surface area is 121 Å². The minimum Gasteiger partial charge on any atom is -0.480 e. The number of carboxylic acids is 1. The van der Waals surface area contributed by atoms with E-state index in [2.05, 4.69) is 5.32 Å². The molecule has 0 radical (unpaired) electrons. The highest BCUT2D eigenvalue weighted by molar-refractivity contribution is 5.99. The lowest BCUT2D eigenvalue weighted by molar-refractivity contribution is -0.142. The number of hydrogen-bond donors (Lipinski definition) is 2. The Morgan fingerprint density at radius 2 is 2.19 bits per heavy atom. The number of nitrogens with one attached hydrogen (secondary N) is 1. The van der Waals surface area contributed by atoms with E-state index in [0.717, 1.165) is 16.7 Å². The van der Waals surface area contributed by atoms with Gasteiger partial charge in [0.2, 0.25) is 0 Å². The molecule has 0 aliphatic carbocycles. The first-order valence-corrected chi connectivity index (χ1v) is 6.81. The number of hydrogen-bond acceptors (Lipinski definition) is 4. The van der Waals surface area contributed by atoms with E-state index in [-0.39, 0.29) is 12.5 Å². The van der Waals surface area contributed by atoms with Crippen LogP contribution in [0.4, 0.5) is 0 Å². The molecule has 6 nitrogen and oxygen atoms in total. The van der Waals surface area contributed by atoms with Crippen molar-refractivity contribution in [2.45, 2.75) is 13.0 Å². The van der Waals surface area contributed by atoms with Gasteiger partial charge in [0, 0.05) is 30.6 Å². The van der Waals surface area contributed by atoms with Crippen LogP contribution in [0.1, 0.15) is 16.1 Å². The minimum atomic E-state index is -0.990. The first-order valence-electron chi connectivity index (χ1n) is 6.81. The van der Waals surface area contributed by atoms with E-state index in [1.165, 1.54) is 4.90 Å². The Bertz CT molecular complexity index is 707. The van der Waals surface area contributed by atoms with Gasteiger partial charge in [0.1, 0.15) is 17.4 Å². The summed E-state index contributed by atoms with van der Waals surface area (Å²) in [5, 5.41) is 13.1. The number of amides is 1. The SMILES string of the molecule is Cc1cc2cc(C(=O)N3CCNCC3C(=O)O)ccc2o1. The van der Waals surface area contributed by atoms with Gasteiger partial charge in [-0.1, -0.05) is 0 Å². The number of carboxylic acid groups (broad SMARTS) is 1. The standard InChI is InChI=1S/C15H16N2O4/c1-9-6-11-7-10(2-3-13(11)21-9)14(18)17-5-4-16-8-12(17)15(19)20/h2-3,6-7,12,16H,4-5,8H2,1H3,(H,19,20). The van der Waals surface area contributed by atoms with Crippen LogP contribution in [0.25, 0.3) is 11.0 Å². The monoisotopic (exact) mass is 288 g/mol. The highest BCUT2D eigenvalue weighted by Gasteiger charge is 2.32. The van der Waals surface area contributed by atoms with E-state index in [0.29, 0.717) is 18.7 Å². The second-order valence-corrected chi connectivity index (χ2v) is 5.17. The summed E-state index contributed by atoms with van der Waals surface area (Å²) in [6, 6.07) is 6.20. The summed E-state index contributed by atoms with van der Waals surface area (Å²) in [6.45, 7) is 3.10. The van der Waals surface area contributed by atoms with Gasteiger partial charge in [-0.15, -0.1) is 0 Å². The zero-order valence-corrected chi connectivity index (χ0v) is 11.6. The predicted molar refractivity (Wildman–Crippen MR) is 76.3 cm³/mol. The van der Waals surface area contributed by atoms with Crippen LogP contribution in [0, 0.1) is 6.92 Å². The van der Waals surface area contributed by atoms with Crippen LogP contribution in [0.5, 0.6) is 0 Å². The van der Waals surface area contributed by atoms with Crippen molar-refractivity contribution < 1.29 is 19.1 Å². The van der Waals surface area contributed by atoms with Crippen LogP contribution in [0.3, 0.4) is 0 Å². The quantitative estimate of drug-likeness (QED) is 0.868. The van der Waals surface area contributed by atoms with Crippen LogP contribution in [0.2, 0.25) is 0 Å². The molecule has 1 aliphatic rings. The van der Waals surface area contributed by atoms with Gasteiger partial charge in [0.15, 0.2) is 0 Å². The molecule has 2 aromatic rings. The Kier molecular flexibility index (Phi) is 3.39. The molecule has 1 fully saturated rings. The zero-order chi connectivity index (χ0) is 15.0. The molecule has 0 spiro atoms. The van der Waals surface area contributed by atoms with Crippen LogP contribution in [0.15, 0.2) is 28.7 Å². The van der Waals surface area contributed by atoms with Crippen molar-refractivity contribution in [3.05, 3.63) is 35.6 Å². The molecular formula is C15H16N2O4. The van der Waals surface area contributed by atoms with Gasteiger partial charge in [-0.2, -0.15) is 0 Å². The summed E-state index contributed by atoms with van der Waals surface area (Å²) in [4.78, 5) is 25.2. The van der Waals surface area contributed by atoms with Crippen LogP contribution >= 0.6 is 0 Å². The molecule has 1 atom stereocenters. The van der Waals surface area contributed by atoms with Crippen molar-refractivity contribution >= 4 is 22.8 Å². The van der Waals surface area contributed by atoms with Gasteiger partial charge in [-0.05, 0) is 31.2 Å². The van der Waals surface area contributed by atoms with Gasteiger partial charge < -0.3 is 19.7 Å². The molecule has 1 aliphatic heterocycles. The van der Waals surface area contributed by atoms with E-state index >= 15 is 0 Å². The molecule has 1 saturated heterocycles. The summed E-state index contributed by atoms with van der Waals surface area (Å²) in [7, 11) is 0. The Morgan fingerprint density at radius 3 is 2.95 bits per heavy atom. The van der Waals surface area contributed by atoms with Crippen molar-refractivity contribution in [3.8, 4) is 0 Å². The number of nitrogens with zero attached hydrogens (tertiary/aromatic N) is 1. The van der Waals surface area contributed by atoms with Gasteiger partial charge in [0.25, 0.3) is 5.91 Å². The third-order valence-corrected chi connectivity index (χ3v) is 3.68. The Morgan fingerprint density at radius 1 is 1.38 bits per heavy atom. The molecule has 2 N–H and O–H groups in total. The highest BCUT2D eigenvalue weighted by atomic mass is 16.4. The van der Waals surface area contributed by atoms with E-state index in [4.69, 9.17) is 4.42 Å². The Hall–Kier alpha value is -2.34. The Balaban J connectivity index is 1.92. The fourth-order valence-electron chi connectivity index (χ4n) is 2.64. The molecule has 1 aromatic heterocycles. The third kappa shape index (κ3) is 2.50. The van der Waals surface area contributed by atoms with Crippen LogP contribution in [-0.4, -0.2) is 47.6 Å². The summed E-state index contributed by atoms with van der Waals surface area (Å²) in [5.41, 5.74) is 1.20. The molecule has 110 valence electrons. The van der Waals surface area contributed by atoms with Crippen molar-refractivity contribution in [1.29, 1.82) is 0 Å².